The summed E-state index contributed by atoms with van der Waals surface area (Å²) in [6, 6.07) is 0.267. The van der Waals surface area contributed by atoms with Crippen molar-refractivity contribution in [3.8, 4) is 11.8 Å². The Morgan fingerprint density at radius 2 is 2.46 bits per heavy atom. The van der Waals surface area contributed by atoms with E-state index in [1.807, 2.05) is 6.92 Å². The van der Waals surface area contributed by atoms with Gasteiger partial charge in [0.2, 0.25) is 0 Å². The number of rotatable bonds is 2. The normalized spacial score (nSPS) is 36.2. The lowest BCUT2D eigenvalue weighted by molar-refractivity contribution is -0.147. The van der Waals surface area contributed by atoms with Gasteiger partial charge in [-0.3, -0.25) is 9.69 Å². The van der Waals surface area contributed by atoms with E-state index in [9.17, 15) is 4.79 Å². The molecule has 1 N–H and O–H groups in total. The average molecular weight is 179 g/mol. The topological polar surface area (TPSA) is 40.5 Å². The molecule has 3 nitrogen and oxygen atoms in total. The van der Waals surface area contributed by atoms with E-state index in [1.54, 1.807) is 0 Å². The number of aliphatic carboxylic acids is 1. The molecule has 3 atom stereocenters. The largest absolute Gasteiger partial charge is 0.481 e. The van der Waals surface area contributed by atoms with Gasteiger partial charge in [0.15, 0.2) is 0 Å². The second-order valence-electron chi connectivity index (χ2n) is 3.78. The number of hydrogen-bond acceptors (Lipinski definition) is 2. The summed E-state index contributed by atoms with van der Waals surface area (Å²) in [5.41, 5.74) is 0. The first-order chi connectivity index (χ1) is 6.24. The Kier molecular flexibility index (Phi) is 2.01. The lowest BCUT2D eigenvalue weighted by Gasteiger charge is -2.32. The fourth-order valence-corrected chi connectivity index (χ4v) is 2.45. The molecule has 1 aliphatic carbocycles. The highest BCUT2D eigenvalue weighted by molar-refractivity contribution is 5.73. The minimum atomic E-state index is -0.631. The van der Waals surface area contributed by atoms with E-state index < -0.39 is 5.97 Å². The van der Waals surface area contributed by atoms with Gasteiger partial charge in [0.05, 0.1) is 12.5 Å². The third-order valence-electron chi connectivity index (χ3n) is 3.15. The first-order valence-corrected chi connectivity index (χ1v) is 4.60. The fourth-order valence-electron chi connectivity index (χ4n) is 2.45. The standard InChI is InChI=1S/C10H13NO2/c1-2-3-4-11-6-7-5-8(11)9(7)10(12)13/h7-9H,4-6H2,1H3,(H,12,13). The van der Waals surface area contributed by atoms with Crippen molar-refractivity contribution in [3.05, 3.63) is 0 Å². The molecule has 2 bridgehead atoms. The third kappa shape index (κ3) is 1.22. The minimum absolute atomic E-state index is 0.112. The van der Waals surface area contributed by atoms with Crippen LogP contribution in [-0.4, -0.2) is 35.1 Å². The summed E-state index contributed by atoms with van der Waals surface area (Å²) >= 11 is 0. The number of nitrogens with zero attached hydrogens (tertiary/aromatic N) is 1. The molecule has 3 heteroatoms. The van der Waals surface area contributed by atoms with Crippen molar-refractivity contribution in [2.45, 2.75) is 19.4 Å². The summed E-state index contributed by atoms with van der Waals surface area (Å²) in [5.74, 6) is 5.47. The molecule has 3 aliphatic rings. The van der Waals surface area contributed by atoms with Crippen LogP contribution in [0.5, 0.6) is 0 Å². The van der Waals surface area contributed by atoms with E-state index in [-0.39, 0.29) is 12.0 Å². The van der Waals surface area contributed by atoms with Gasteiger partial charge < -0.3 is 5.11 Å². The first kappa shape index (κ1) is 8.58. The molecular formula is C10H13NO2. The van der Waals surface area contributed by atoms with Gasteiger partial charge in [-0.1, -0.05) is 5.92 Å². The summed E-state index contributed by atoms with van der Waals surface area (Å²) in [4.78, 5) is 13.0. The predicted molar refractivity (Wildman–Crippen MR) is 48.0 cm³/mol. The summed E-state index contributed by atoms with van der Waals surface area (Å²) in [6.45, 7) is 3.48. The van der Waals surface area contributed by atoms with Crippen LogP contribution in [0.25, 0.3) is 0 Å². The van der Waals surface area contributed by atoms with Gasteiger partial charge in [-0.15, -0.1) is 5.92 Å². The molecule has 0 aromatic heterocycles. The van der Waals surface area contributed by atoms with Gasteiger partial charge >= 0.3 is 5.97 Å². The molecule has 1 saturated carbocycles. The van der Waals surface area contributed by atoms with Crippen molar-refractivity contribution in [3.63, 3.8) is 0 Å². The SMILES string of the molecule is CC#CCN1CC2CC1C2C(=O)O. The highest BCUT2D eigenvalue weighted by Crippen LogP contribution is 2.45. The van der Waals surface area contributed by atoms with Crippen molar-refractivity contribution in [1.29, 1.82) is 0 Å². The first-order valence-electron chi connectivity index (χ1n) is 4.60. The average Bonchev–Trinajstić information content (AvgIpc) is 2.55. The third-order valence-corrected chi connectivity index (χ3v) is 3.15. The van der Waals surface area contributed by atoms with Crippen molar-refractivity contribution in [2.75, 3.05) is 13.1 Å². The van der Waals surface area contributed by atoms with E-state index in [1.165, 1.54) is 0 Å². The highest BCUT2D eigenvalue weighted by atomic mass is 16.4. The predicted octanol–water partition coefficient (Wildman–Crippen LogP) is 0.415. The Morgan fingerprint density at radius 3 is 3.00 bits per heavy atom. The second kappa shape index (κ2) is 3.04. The smallest absolute Gasteiger partial charge is 0.308 e. The van der Waals surface area contributed by atoms with Crippen LogP contribution in [-0.2, 0) is 4.79 Å². The zero-order chi connectivity index (χ0) is 9.42. The fraction of sp³-hybridized carbons (Fsp3) is 0.700. The Balaban J connectivity index is 1.97. The number of carbonyl (C=O) groups is 1. The van der Waals surface area contributed by atoms with Gasteiger partial charge in [-0.25, -0.2) is 0 Å². The van der Waals surface area contributed by atoms with Crippen LogP contribution in [0.1, 0.15) is 13.3 Å². The monoisotopic (exact) mass is 179 g/mol. The van der Waals surface area contributed by atoms with Crippen molar-refractivity contribution < 1.29 is 9.90 Å². The lowest BCUT2D eigenvalue weighted by atomic mass is 9.74. The van der Waals surface area contributed by atoms with Crippen LogP contribution in [0.3, 0.4) is 0 Å². The van der Waals surface area contributed by atoms with Gasteiger partial charge in [0, 0.05) is 12.6 Å². The lowest BCUT2D eigenvalue weighted by Crippen LogP contribution is -2.43. The molecule has 2 aliphatic heterocycles. The molecule has 0 spiro atoms. The molecule has 70 valence electrons. The van der Waals surface area contributed by atoms with Crippen LogP contribution in [0.2, 0.25) is 0 Å². The Labute approximate surface area is 77.7 Å². The van der Waals surface area contributed by atoms with Crippen LogP contribution in [0.4, 0.5) is 0 Å². The van der Waals surface area contributed by atoms with Crippen molar-refractivity contribution in [1.82, 2.24) is 4.90 Å². The zero-order valence-corrected chi connectivity index (χ0v) is 7.66. The molecule has 13 heavy (non-hydrogen) atoms. The van der Waals surface area contributed by atoms with E-state index in [4.69, 9.17) is 5.11 Å². The Bertz CT molecular complexity index is 289. The van der Waals surface area contributed by atoms with Gasteiger partial charge in [-0.05, 0) is 19.3 Å². The Morgan fingerprint density at radius 1 is 1.69 bits per heavy atom. The van der Waals surface area contributed by atoms with Crippen LogP contribution in [0.15, 0.2) is 0 Å². The van der Waals surface area contributed by atoms with E-state index >= 15 is 0 Å². The maximum absolute atomic E-state index is 10.8. The summed E-state index contributed by atoms with van der Waals surface area (Å²) < 4.78 is 0. The van der Waals surface area contributed by atoms with Crippen molar-refractivity contribution >= 4 is 5.97 Å². The minimum Gasteiger partial charge on any atom is -0.481 e. The molecule has 2 saturated heterocycles. The molecule has 0 radical (unpaired) electrons. The summed E-state index contributed by atoms with van der Waals surface area (Å²) in [7, 11) is 0. The maximum atomic E-state index is 10.8. The van der Waals surface area contributed by atoms with E-state index in [2.05, 4.69) is 16.7 Å². The zero-order valence-electron chi connectivity index (χ0n) is 7.66. The van der Waals surface area contributed by atoms with E-state index in [0.717, 1.165) is 19.5 Å². The quantitative estimate of drug-likeness (QED) is 0.624. The molecule has 3 unspecified atom stereocenters. The van der Waals surface area contributed by atoms with Crippen LogP contribution < -0.4 is 0 Å². The van der Waals surface area contributed by atoms with Crippen LogP contribution in [0, 0.1) is 23.7 Å². The number of carboxylic acid groups (broad SMARTS) is 1. The maximum Gasteiger partial charge on any atom is 0.308 e. The molecule has 2 heterocycles. The number of hydrogen-bond donors (Lipinski definition) is 1. The molecule has 0 amide bonds. The Hall–Kier alpha value is -1.01. The number of carboxylic acids is 1. The van der Waals surface area contributed by atoms with Gasteiger partial charge in [0.25, 0.3) is 0 Å². The highest BCUT2D eigenvalue weighted by Gasteiger charge is 2.55. The van der Waals surface area contributed by atoms with Crippen molar-refractivity contribution in [2.24, 2.45) is 11.8 Å². The summed E-state index contributed by atoms with van der Waals surface area (Å²) in [6.07, 6.45) is 1.06. The summed E-state index contributed by atoms with van der Waals surface area (Å²) in [5, 5.41) is 8.89. The molecule has 3 rings (SSSR count). The number of fused-ring (bicyclic) bond motifs is 1. The molecule has 0 aromatic carbocycles. The van der Waals surface area contributed by atoms with Gasteiger partial charge in [0.1, 0.15) is 0 Å². The van der Waals surface area contributed by atoms with Crippen LogP contribution >= 0.6 is 0 Å². The second-order valence-corrected chi connectivity index (χ2v) is 3.78. The molecule has 0 aromatic rings. The van der Waals surface area contributed by atoms with E-state index in [0.29, 0.717) is 5.92 Å². The van der Waals surface area contributed by atoms with Gasteiger partial charge in [-0.2, -0.15) is 0 Å². The molecule has 3 fully saturated rings. The molecular weight excluding hydrogens is 166 g/mol.